The molecule has 0 aromatic rings. The van der Waals surface area contributed by atoms with Crippen molar-refractivity contribution in [1.29, 1.82) is 0 Å². The molecule has 1 aliphatic rings. The Morgan fingerprint density at radius 3 is 2.61 bits per heavy atom. The minimum Gasteiger partial charge on any atom is -0.444 e. The van der Waals surface area contributed by atoms with Crippen molar-refractivity contribution in [2.45, 2.75) is 59.1 Å². The number of alkyl carbamates (subject to hydrolysis) is 1. The first-order chi connectivity index (χ1) is 8.30. The number of likely N-dealkylation sites (tertiary alicyclic amines) is 1. The second-order valence-corrected chi connectivity index (χ2v) is 6.44. The van der Waals surface area contributed by atoms with Crippen LogP contribution in [0.5, 0.6) is 0 Å². The molecule has 4 heteroatoms. The van der Waals surface area contributed by atoms with E-state index >= 15 is 0 Å². The minimum absolute atomic E-state index is 0.218. The van der Waals surface area contributed by atoms with Gasteiger partial charge in [0.15, 0.2) is 0 Å². The molecule has 0 bridgehead atoms. The van der Waals surface area contributed by atoms with Crippen LogP contribution >= 0.6 is 0 Å². The summed E-state index contributed by atoms with van der Waals surface area (Å²) in [4.78, 5) is 14.2. The summed E-state index contributed by atoms with van der Waals surface area (Å²) in [5.41, 5.74) is -0.423. The summed E-state index contributed by atoms with van der Waals surface area (Å²) in [5, 5.41) is 2.99. The number of piperidine rings is 1. The lowest BCUT2D eigenvalue weighted by Crippen LogP contribution is -2.51. The molecule has 1 saturated heterocycles. The number of nitrogens with one attached hydrogen (secondary N) is 1. The van der Waals surface area contributed by atoms with Gasteiger partial charge in [-0.2, -0.15) is 0 Å². The van der Waals surface area contributed by atoms with Gasteiger partial charge in [0, 0.05) is 19.1 Å². The van der Waals surface area contributed by atoms with Crippen LogP contribution in [0.1, 0.15) is 47.5 Å². The molecule has 0 radical (unpaired) electrons. The standard InChI is InChI=1S/C14H28N2O2/c1-6-7-16-9-11(2)8-12(10-16)15-13(17)18-14(3,4)5/h11-12H,6-10H2,1-5H3,(H,15,17). The molecular formula is C14H28N2O2. The Hall–Kier alpha value is -0.770. The van der Waals surface area contributed by atoms with Crippen molar-refractivity contribution < 1.29 is 9.53 Å². The summed E-state index contributed by atoms with van der Waals surface area (Å²) in [6.45, 7) is 13.3. The lowest BCUT2D eigenvalue weighted by Gasteiger charge is -2.36. The number of hydrogen-bond acceptors (Lipinski definition) is 3. The normalized spacial score (nSPS) is 25.8. The first kappa shape index (κ1) is 15.3. The molecule has 1 amide bonds. The maximum atomic E-state index is 11.7. The fraction of sp³-hybridized carbons (Fsp3) is 0.929. The molecule has 106 valence electrons. The van der Waals surface area contributed by atoms with Gasteiger partial charge in [-0.3, -0.25) is 0 Å². The number of nitrogens with zero attached hydrogens (tertiary/aromatic N) is 1. The van der Waals surface area contributed by atoms with Gasteiger partial charge in [0.25, 0.3) is 0 Å². The molecule has 2 unspecified atom stereocenters. The van der Waals surface area contributed by atoms with Gasteiger partial charge in [-0.05, 0) is 46.1 Å². The summed E-state index contributed by atoms with van der Waals surface area (Å²) in [7, 11) is 0. The Morgan fingerprint density at radius 2 is 2.06 bits per heavy atom. The van der Waals surface area contributed by atoms with Crippen LogP contribution in [0.4, 0.5) is 4.79 Å². The van der Waals surface area contributed by atoms with E-state index in [1.54, 1.807) is 0 Å². The van der Waals surface area contributed by atoms with Crippen molar-refractivity contribution >= 4 is 6.09 Å². The predicted octanol–water partition coefficient (Wildman–Crippen LogP) is 2.63. The SMILES string of the molecule is CCCN1CC(C)CC(NC(=O)OC(C)(C)C)C1. The first-order valence-electron chi connectivity index (χ1n) is 7.02. The second kappa shape index (κ2) is 6.41. The highest BCUT2D eigenvalue weighted by Crippen LogP contribution is 2.17. The van der Waals surface area contributed by atoms with Crippen molar-refractivity contribution in [2.75, 3.05) is 19.6 Å². The third-order valence-corrected chi connectivity index (χ3v) is 3.00. The number of rotatable bonds is 3. The molecule has 18 heavy (non-hydrogen) atoms. The molecule has 0 spiro atoms. The average molecular weight is 256 g/mol. The molecule has 2 atom stereocenters. The first-order valence-corrected chi connectivity index (χ1v) is 7.02. The van der Waals surface area contributed by atoms with E-state index in [1.807, 2.05) is 20.8 Å². The zero-order chi connectivity index (χ0) is 13.8. The van der Waals surface area contributed by atoms with Crippen LogP contribution in [-0.4, -0.2) is 42.3 Å². The van der Waals surface area contributed by atoms with Crippen LogP contribution in [0, 0.1) is 5.92 Å². The summed E-state index contributed by atoms with van der Waals surface area (Å²) in [6, 6.07) is 0.218. The highest BCUT2D eigenvalue weighted by atomic mass is 16.6. The van der Waals surface area contributed by atoms with Gasteiger partial charge in [-0.1, -0.05) is 13.8 Å². The molecule has 1 heterocycles. The van der Waals surface area contributed by atoms with Crippen molar-refractivity contribution in [3.05, 3.63) is 0 Å². The van der Waals surface area contributed by atoms with Gasteiger partial charge in [0.1, 0.15) is 5.60 Å². The highest BCUT2D eigenvalue weighted by Gasteiger charge is 2.26. The zero-order valence-electron chi connectivity index (χ0n) is 12.5. The van der Waals surface area contributed by atoms with Gasteiger partial charge < -0.3 is 15.0 Å². The van der Waals surface area contributed by atoms with Gasteiger partial charge in [-0.15, -0.1) is 0 Å². The Labute approximate surface area is 111 Å². The minimum atomic E-state index is -0.423. The lowest BCUT2D eigenvalue weighted by molar-refractivity contribution is 0.0454. The number of hydrogen-bond donors (Lipinski definition) is 1. The van der Waals surface area contributed by atoms with Crippen LogP contribution in [0.2, 0.25) is 0 Å². The van der Waals surface area contributed by atoms with Crippen LogP contribution in [0.25, 0.3) is 0 Å². The average Bonchev–Trinajstić information content (AvgIpc) is 2.12. The fourth-order valence-corrected chi connectivity index (χ4v) is 2.54. The largest absolute Gasteiger partial charge is 0.444 e. The highest BCUT2D eigenvalue weighted by molar-refractivity contribution is 5.68. The van der Waals surface area contributed by atoms with Crippen LogP contribution in [-0.2, 0) is 4.74 Å². The molecule has 0 aromatic heterocycles. The Balaban J connectivity index is 2.43. The van der Waals surface area contributed by atoms with Gasteiger partial charge in [0.05, 0.1) is 0 Å². The third-order valence-electron chi connectivity index (χ3n) is 3.00. The van der Waals surface area contributed by atoms with E-state index in [2.05, 4.69) is 24.1 Å². The van der Waals surface area contributed by atoms with E-state index in [0.29, 0.717) is 5.92 Å². The number of amides is 1. The molecule has 1 N–H and O–H groups in total. The quantitative estimate of drug-likeness (QED) is 0.844. The molecule has 1 rings (SSSR count). The summed E-state index contributed by atoms with van der Waals surface area (Å²) in [5.74, 6) is 0.630. The molecule has 1 fully saturated rings. The maximum absolute atomic E-state index is 11.7. The molecule has 0 saturated carbocycles. The number of carbonyl (C=O) groups is 1. The molecule has 1 aliphatic heterocycles. The number of carbonyl (C=O) groups excluding carboxylic acids is 1. The summed E-state index contributed by atoms with van der Waals surface area (Å²) >= 11 is 0. The molecule has 0 aromatic carbocycles. The third kappa shape index (κ3) is 5.71. The fourth-order valence-electron chi connectivity index (χ4n) is 2.54. The van der Waals surface area contributed by atoms with Crippen molar-refractivity contribution in [1.82, 2.24) is 10.2 Å². The van der Waals surface area contributed by atoms with Gasteiger partial charge in [0.2, 0.25) is 0 Å². The monoisotopic (exact) mass is 256 g/mol. The van der Waals surface area contributed by atoms with Crippen LogP contribution < -0.4 is 5.32 Å². The topological polar surface area (TPSA) is 41.6 Å². The van der Waals surface area contributed by atoms with E-state index in [-0.39, 0.29) is 12.1 Å². The smallest absolute Gasteiger partial charge is 0.407 e. The van der Waals surface area contributed by atoms with Crippen molar-refractivity contribution in [2.24, 2.45) is 5.92 Å². The zero-order valence-corrected chi connectivity index (χ0v) is 12.5. The van der Waals surface area contributed by atoms with Gasteiger partial charge >= 0.3 is 6.09 Å². The van der Waals surface area contributed by atoms with Crippen molar-refractivity contribution in [3.63, 3.8) is 0 Å². The Bertz CT molecular complexity index is 273. The van der Waals surface area contributed by atoms with E-state index in [9.17, 15) is 4.79 Å². The maximum Gasteiger partial charge on any atom is 0.407 e. The Morgan fingerprint density at radius 1 is 1.39 bits per heavy atom. The predicted molar refractivity (Wildman–Crippen MR) is 73.7 cm³/mol. The Kier molecular flexibility index (Phi) is 5.45. The molecular weight excluding hydrogens is 228 g/mol. The van der Waals surface area contributed by atoms with Gasteiger partial charge in [-0.25, -0.2) is 4.79 Å². The van der Waals surface area contributed by atoms with Crippen LogP contribution in [0.15, 0.2) is 0 Å². The van der Waals surface area contributed by atoms with Crippen molar-refractivity contribution in [3.8, 4) is 0 Å². The number of ether oxygens (including phenoxy) is 1. The van der Waals surface area contributed by atoms with E-state index in [0.717, 1.165) is 32.5 Å². The van der Waals surface area contributed by atoms with E-state index in [1.165, 1.54) is 0 Å². The van der Waals surface area contributed by atoms with E-state index < -0.39 is 5.60 Å². The van der Waals surface area contributed by atoms with Crippen LogP contribution in [0.3, 0.4) is 0 Å². The summed E-state index contributed by atoms with van der Waals surface area (Å²) in [6.07, 6.45) is 1.91. The van der Waals surface area contributed by atoms with E-state index in [4.69, 9.17) is 4.74 Å². The molecule has 4 nitrogen and oxygen atoms in total. The second-order valence-electron chi connectivity index (χ2n) is 6.44. The summed E-state index contributed by atoms with van der Waals surface area (Å²) < 4.78 is 5.30. The lowest BCUT2D eigenvalue weighted by atomic mass is 9.96. The molecule has 0 aliphatic carbocycles.